The predicted octanol–water partition coefficient (Wildman–Crippen LogP) is -0.155. The first-order valence-corrected chi connectivity index (χ1v) is 5.41. The smallest absolute Gasteiger partial charge is 0.234 e. The lowest BCUT2D eigenvalue weighted by atomic mass is 9.99. The zero-order chi connectivity index (χ0) is 9.80. The van der Waals surface area contributed by atoms with Gasteiger partial charge in [-0.05, 0) is 18.8 Å². The van der Waals surface area contributed by atoms with Crippen molar-refractivity contribution in [3.8, 4) is 0 Å². The Morgan fingerprint density at radius 2 is 2.21 bits per heavy atom. The van der Waals surface area contributed by atoms with E-state index in [2.05, 4.69) is 10.2 Å². The second kappa shape index (κ2) is 4.75. The number of carbonyl (C=O) groups is 1. The van der Waals surface area contributed by atoms with Gasteiger partial charge in [0, 0.05) is 32.8 Å². The summed E-state index contributed by atoms with van der Waals surface area (Å²) >= 11 is 0. The quantitative estimate of drug-likeness (QED) is 0.670. The lowest BCUT2D eigenvalue weighted by Crippen LogP contribution is -2.49. The zero-order valence-electron chi connectivity index (χ0n) is 8.50. The van der Waals surface area contributed by atoms with E-state index >= 15 is 0 Å². The van der Waals surface area contributed by atoms with Crippen LogP contribution in [0, 0.1) is 5.92 Å². The van der Waals surface area contributed by atoms with Crippen molar-refractivity contribution in [1.29, 1.82) is 0 Å². The van der Waals surface area contributed by atoms with Crippen LogP contribution < -0.4 is 5.32 Å². The molecule has 1 amide bonds. The molecule has 0 aromatic carbocycles. The average Bonchev–Trinajstić information content (AvgIpc) is 2.19. The van der Waals surface area contributed by atoms with Gasteiger partial charge < -0.3 is 10.1 Å². The van der Waals surface area contributed by atoms with Gasteiger partial charge in [-0.2, -0.15) is 0 Å². The third kappa shape index (κ3) is 2.69. The molecule has 2 aliphatic heterocycles. The largest absolute Gasteiger partial charge is 0.381 e. The maximum atomic E-state index is 11.1. The molecule has 0 radical (unpaired) electrons. The van der Waals surface area contributed by atoms with Crippen LogP contribution in [0.25, 0.3) is 0 Å². The average molecular weight is 198 g/mol. The van der Waals surface area contributed by atoms with Crippen LogP contribution in [0.5, 0.6) is 0 Å². The lowest BCUT2D eigenvalue weighted by molar-refractivity contribution is -0.124. The minimum atomic E-state index is 0.170. The highest BCUT2D eigenvalue weighted by Gasteiger charge is 2.21. The van der Waals surface area contributed by atoms with E-state index in [1.54, 1.807) is 0 Å². The number of hydrogen-bond acceptors (Lipinski definition) is 3. The van der Waals surface area contributed by atoms with Crippen molar-refractivity contribution >= 4 is 5.91 Å². The molecule has 0 aromatic heterocycles. The highest BCUT2D eigenvalue weighted by molar-refractivity contribution is 5.78. The van der Waals surface area contributed by atoms with E-state index in [0.29, 0.717) is 6.54 Å². The summed E-state index contributed by atoms with van der Waals surface area (Å²) in [4.78, 5) is 13.4. The van der Waals surface area contributed by atoms with Gasteiger partial charge in [0.25, 0.3) is 0 Å². The van der Waals surface area contributed by atoms with Crippen molar-refractivity contribution in [1.82, 2.24) is 10.2 Å². The Balaban J connectivity index is 1.75. The topological polar surface area (TPSA) is 41.6 Å². The fourth-order valence-electron chi connectivity index (χ4n) is 2.14. The highest BCUT2D eigenvalue weighted by Crippen LogP contribution is 2.16. The molecule has 0 atom stereocenters. The Morgan fingerprint density at radius 1 is 1.43 bits per heavy atom. The number of rotatable bonds is 2. The van der Waals surface area contributed by atoms with Gasteiger partial charge in [-0.3, -0.25) is 9.69 Å². The minimum absolute atomic E-state index is 0.170. The maximum absolute atomic E-state index is 11.1. The molecule has 0 aliphatic carbocycles. The van der Waals surface area contributed by atoms with Crippen molar-refractivity contribution in [2.24, 2.45) is 5.92 Å². The Bertz CT molecular complexity index is 202. The molecule has 0 saturated carbocycles. The molecular weight excluding hydrogens is 180 g/mol. The summed E-state index contributed by atoms with van der Waals surface area (Å²) in [6, 6.07) is 0. The molecule has 4 nitrogen and oxygen atoms in total. The standard InChI is InChI=1S/C10H18N2O2/c13-10-8-12(4-3-11-10)7-9-1-5-14-6-2-9/h9H,1-8H2,(H,11,13). The Kier molecular flexibility index (Phi) is 3.37. The SMILES string of the molecule is O=C1CN(CC2CCOCC2)CCN1. The zero-order valence-corrected chi connectivity index (χ0v) is 8.50. The molecule has 0 bridgehead atoms. The van der Waals surface area contributed by atoms with E-state index in [-0.39, 0.29) is 5.91 Å². The maximum Gasteiger partial charge on any atom is 0.234 e. The molecule has 2 saturated heterocycles. The van der Waals surface area contributed by atoms with E-state index < -0.39 is 0 Å². The molecule has 14 heavy (non-hydrogen) atoms. The van der Waals surface area contributed by atoms with Crippen LogP contribution in [0.4, 0.5) is 0 Å². The monoisotopic (exact) mass is 198 g/mol. The summed E-state index contributed by atoms with van der Waals surface area (Å²) < 4.78 is 5.31. The first kappa shape index (κ1) is 9.93. The molecule has 0 aromatic rings. The minimum Gasteiger partial charge on any atom is -0.381 e. The van der Waals surface area contributed by atoms with Crippen LogP contribution in [0.1, 0.15) is 12.8 Å². The van der Waals surface area contributed by atoms with E-state index in [0.717, 1.165) is 51.6 Å². The van der Waals surface area contributed by atoms with Crippen LogP contribution in [-0.2, 0) is 9.53 Å². The molecule has 80 valence electrons. The van der Waals surface area contributed by atoms with Gasteiger partial charge in [-0.15, -0.1) is 0 Å². The van der Waals surface area contributed by atoms with Crippen LogP contribution in [0.15, 0.2) is 0 Å². The number of ether oxygens (including phenoxy) is 1. The van der Waals surface area contributed by atoms with Crippen molar-refractivity contribution in [2.45, 2.75) is 12.8 Å². The Hall–Kier alpha value is -0.610. The first-order valence-electron chi connectivity index (χ1n) is 5.41. The third-order valence-electron chi connectivity index (χ3n) is 2.97. The summed E-state index contributed by atoms with van der Waals surface area (Å²) in [6.45, 7) is 5.24. The van der Waals surface area contributed by atoms with Crippen molar-refractivity contribution < 1.29 is 9.53 Å². The van der Waals surface area contributed by atoms with Crippen molar-refractivity contribution in [3.05, 3.63) is 0 Å². The summed E-state index contributed by atoms with van der Waals surface area (Å²) in [5.41, 5.74) is 0. The number of piperazine rings is 1. The van der Waals surface area contributed by atoms with Gasteiger partial charge in [0.15, 0.2) is 0 Å². The van der Waals surface area contributed by atoms with Gasteiger partial charge in [0.05, 0.1) is 6.54 Å². The van der Waals surface area contributed by atoms with Crippen LogP contribution in [-0.4, -0.2) is 50.2 Å². The molecule has 2 aliphatic rings. The van der Waals surface area contributed by atoms with Crippen molar-refractivity contribution in [2.75, 3.05) is 39.4 Å². The van der Waals surface area contributed by atoms with Gasteiger partial charge >= 0.3 is 0 Å². The van der Waals surface area contributed by atoms with E-state index in [1.165, 1.54) is 0 Å². The van der Waals surface area contributed by atoms with Crippen LogP contribution >= 0.6 is 0 Å². The molecule has 2 rings (SSSR count). The summed E-state index contributed by atoms with van der Waals surface area (Å²) in [5.74, 6) is 0.901. The molecule has 1 N–H and O–H groups in total. The molecular formula is C10H18N2O2. The predicted molar refractivity (Wildman–Crippen MR) is 53.0 cm³/mol. The molecule has 2 heterocycles. The Labute approximate surface area is 84.6 Å². The second-order valence-corrected chi connectivity index (χ2v) is 4.14. The Morgan fingerprint density at radius 3 is 2.93 bits per heavy atom. The molecule has 2 fully saturated rings. The van der Waals surface area contributed by atoms with Crippen molar-refractivity contribution in [3.63, 3.8) is 0 Å². The van der Waals surface area contributed by atoms with E-state index in [4.69, 9.17) is 4.74 Å². The normalized spacial score (nSPS) is 26.1. The van der Waals surface area contributed by atoms with Gasteiger partial charge in [-0.25, -0.2) is 0 Å². The fourth-order valence-corrected chi connectivity index (χ4v) is 2.14. The van der Waals surface area contributed by atoms with Gasteiger partial charge in [0.2, 0.25) is 5.91 Å². The van der Waals surface area contributed by atoms with Gasteiger partial charge in [0.1, 0.15) is 0 Å². The number of hydrogen-bond donors (Lipinski definition) is 1. The van der Waals surface area contributed by atoms with E-state index in [1.807, 2.05) is 0 Å². The summed E-state index contributed by atoms with van der Waals surface area (Å²) in [7, 11) is 0. The lowest BCUT2D eigenvalue weighted by Gasteiger charge is -2.31. The van der Waals surface area contributed by atoms with Gasteiger partial charge in [-0.1, -0.05) is 0 Å². The summed E-state index contributed by atoms with van der Waals surface area (Å²) in [5, 5.41) is 2.84. The summed E-state index contributed by atoms with van der Waals surface area (Å²) in [6.07, 6.45) is 2.30. The first-order chi connectivity index (χ1) is 6.84. The van der Waals surface area contributed by atoms with Crippen LogP contribution in [0.3, 0.4) is 0 Å². The highest BCUT2D eigenvalue weighted by atomic mass is 16.5. The van der Waals surface area contributed by atoms with Crippen LogP contribution in [0.2, 0.25) is 0 Å². The number of nitrogens with one attached hydrogen (secondary N) is 1. The third-order valence-corrected chi connectivity index (χ3v) is 2.97. The fraction of sp³-hybridized carbons (Fsp3) is 0.900. The number of carbonyl (C=O) groups excluding carboxylic acids is 1. The molecule has 0 unspecified atom stereocenters. The number of amides is 1. The molecule has 4 heteroatoms. The number of nitrogens with zero attached hydrogens (tertiary/aromatic N) is 1. The second-order valence-electron chi connectivity index (χ2n) is 4.14. The molecule has 0 spiro atoms. The van der Waals surface area contributed by atoms with E-state index in [9.17, 15) is 4.79 Å².